The third kappa shape index (κ3) is 5.17. The number of carbonyl (C=O) groups is 1. The van der Waals surface area contributed by atoms with Crippen LogP contribution in [0.25, 0.3) is 5.69 Å². The summed E-state index contributed by atoms with van der Waals surface area (Å²) in [4.78, 5) is 13.0. The molecule has 2 N–H and O–H groups in total. The second kappa shape index (κ2) is 8.76. The molecule has 9 heteroatoms. The highest BCUT2D eigenvalue weighted by atomic mass is 32.2. The molecular formula is C23H28N4O4S. The zero-order chi connectivity index (χ0) is 23.7. The second-order valence-electron chi connectivity index (χ2n) is 8.53. The Morgan fingerprint density at radius 3 is 2.34 bits per heavy atom. The van der Waals surface area contributed by atoms with Gasteiger partial charge >= 0.3 is 0 Å². The van der Waals surface area contributed by atoms with Crippen LogP contribution in [0.4, 0.5) is 5.69 Å². The number of rotatable bonds is 6. The topological polar surface area (TPSA) is 102 Å². The minimum Gasteiger partial charge on any atom is -0.495 e. The number of aromatic nitrogens is 2. The van der Waals surface area contributed by atoms with Crippen molar-refractivity contribution >= 4 is 21.6 Å². The fourth-order valence-corrected chi connectivity index (χ4v) is 4.93. The van der Waals surface area contributed by atoms with Crippen LogP contribution in [0.3, 0.4) is 0 Å². The number of aryl methyl sites for hydroxylation is 2. The van der Waals surface area contributed by atoms with E-state index in [2.05, 4.69) is 15.1 Å². The van der Waals surface area contributed by atoms with Gasteiger partial charge in [-0.05, 0) is 71.0 Å². The number of hydrogen-bond donors (Lipinski definition) is 2. The van der Waals surface area contributed by atoms with Gasteiger partial charge < -0.3 is 10.1 Å². The molecule has 1 heterocycles. The molecule has 170 valence electrons. The van der Waals surface area contributed by atoms with Crippen molar-refractivity contribution < 1.29 is 17.9 Å². The molecule has 3 aromatic rings. The van der Waals surface area contributed by atoms with Gasteiger partial charge in [0, 0.05) is 16.8 Å². The van der Waals surface area contributed by atoms with Crippen molar-refractivity contribution in [2.45, 2.75) is 45.1 Å². The lowest BCUT2D eigenvalue weighted by molar-refractivity contribution is 0.102. The fraction of sp³-hybridized carbons (Fsp3) is 0.304. The number of nitrogens with one attached hydrogen (secondary N) is 2. The third-order valence-electron chi connectivity index (χ3n) is 4.55. The number of hydrogen-bond acceptors (Lipinski definition) is 5. The lowest BCUT2D eigenvalue weighted by Gasteiger charge is -2.21. The van der Waals surface area contributed by atoms with Gasteiger partial charge in [0.05, 0.1) is 24.2 Å². The summed E-state index contributed by atoms with van der Waals surface area (Å²) in [5.74, 6) is -0.296. The fourth-order valence-electron chi connectivity index (χ4n) is 3.32. The quantitative estimate of drug-likeness (QED) is 0.587. The van der Waals surface area contributed by atoms with Crippen LogP contribution in [0, 0.1) is 13.8 Å². The van der Waals surface area contributed by atoms with E-state index in [0.717, 1.165) is 11.4 Å². The molecule has 0 bridgehead atoms. The van der Waals surface area contributed by atoms with Crippen molar-refractivity contribution in [2.75, 3.05) is 12.4 Å². The predicted octanol–water partition coefficient (Wildman–Crippen LogP) is 3.83. The Hall–Kier alpha value is -3.17. The van der Waals surface area contributed by atoms with Crippen molar-refractivity contribution in [3.8, 4) is 11.4 Å². The molecule has 0 saturated carbocycles. The maximum atomic E-state index is 13.1. The van der Waals surface area contributed by atoms with Crippen LogP contribution in [0.1, 0.15) is 42.5 Å². The maximum absolute atomic E-state index is 13.1. The minimum atomic E-state index is -3.91. The number of ether oxygens (including phenoxy) is 1. The number of nitrogens with zero attached hydrogens (tertiary/aromatic N) is 2. The highest BCUT2D eigenvalue weighted by Gasteiger charge is 2.26. The normalized spacial score (nSPS) is 11.9. The summed E-state index contributed by atoms with van der Waals surface area (Å²) in [6.45, 7) is 9.05. The van der Waals surface area contributed by atoms with Crippen LogP contribution in [0.15, 0.2) is 53.4 Å². The summed E-state index contributed by atoms with van der Waals surface area (Å²) in [5.41, 5.74) is 2.54. The van der Waals surface area contributed by atoms with Crippen molar-refractivity contribution in [2.24, 2.45) is 0 Å². The van der Waals surface area contributed by atoms with Crippen LogP contribution >= 0.6 is 0 Å². The van der Waals surface area contributed by atoms with Crippen LogP contribution in [0.5, 0.6) is 5.75 Å². The number of benzene rings is 2. The number of para-hydroxylation sites is 2. The Bertz CT molecular complexity index is 1260. The van der Waals surface area contributed by atoms with Crippen LogP contribution in [-0.4, -0.2) is 36.8 Å². The Morgan fingerprint density at radius 2 is 1.75 bits per heavy atom. The Balaban J connectivity index is 1.98. The molecule has 1 amide bonds. The summed E-state index contributed by atoms with van der Waals surface area (Å²) >= 11 is 0. The SMILES string of the molecule is COc1ccc(C(=O)Nc2ccccc2-n2nc(C)cc2C)cc1S(=O)(=O)NC(C)(C)C. The first kappa shape index (κ1) is 23.5. The third-order valence-corrected chi connectivity index (χ3v) is 6.33. The Morgan fingerprint density at radius 1 is 1.06 bits per heavy atom. The molecule has 32 heavy (non-hydrogen) atoms. The molecule has 0 aliphatic heterocycles. The molecular weight excluding hydrogens is 428 g/mol. The standard InChI is InChI=1S/C23H28N4O4S/c1-15-13-16(2)27(25-15)19-10-8-7-9-18(19)24-22(28)17-11-12-20(31-6)21(14-17)32(29,30)26-23(3,4)5/h7-14,26H,1-6H3,(H,24,28). The largest absolute Gasteiger partial charge is 0.495 e. The molecule has 3 rings (SSSR count). The number of anilines is 1. The number of sulfonamides is 1. The van der Waals surface area contributed by atoms with Gasteiger partial charge in [-0.2, -0.15) is 5.10 Å². The van der Waals surface area contributed by atoms with Crippen molar-refractivity contribution in [1.82, 2.24) is 14.5 Å². The molecule has 0 saturated heterocycles. The maximum Gasteiger partial charge on any atom is 0.255 e. The van der Waals surface area contributed by atoms with E-state index in [-0.39, 0.29) is 16.2 Å². The molecule has 0 aliphatic carbocycles. The highest BCUT2D eigenvalue weighted by Crippen LogP contribution is 2.27. The lowest BCUT2D eigenvalue weighted by atomic mass is 10.1. The van der Waals surface area contributed by atoms with Gasteiger partial charge in [-0.3, -0.25) is 4.79 Å². The molecule has 0 radical (unpaired) electrons. The molecule has 0 unspecified atom stereocenters. The number of amides is 1. The van der Waals surface area contributed by atoms with Crippen molar-refractivity contribution in [3.63, 3.8) is 0 Å². The van der Waals surface area contributed by atoms with Gasteiger partial charge in [-0.25, -0.2) is 17.8 Å². The Kier molecular flexibility index (Phi) is 6.43. The molecule has 8 nitrogen and oxygen atoms in total. The second-order valence-corrected chi connectivity index (χ2v) is 10.2. The van der Waals surface area contributed by atoms with Gasteiger partial charge in [0.1, 0.15) is 10.6 Å². The summed E-state index contributed by atoms with van der Waals surface area (Å²) < 4.78 is 35.4. The van der Waals surface area contributed by atoms with E-state index in [1.54, 1.807) is 31.5 Å². The van der Waals surface area contributed by atoms with Gasteiger partial charge in [-0.15, -0.1) is 0 Å². The van der Waals surface area contributed by atoms with E-state index in [1.807, 2.05) is 38.1 Å². The number of methoxy groups -OCH3 is 1. The monoisotopic (exact) mass is 456 g/mol. The van der Waals surface area contributed by atoms with Crippen molar-refractivity contribution in [1.29, 1.82) is 0 Å². The average Bonchev–Trinajstić information content (AvgIpc) is 3.04. The summed E-state index contributed by atoms with van der Waals surface area (Å²) in [6, 6.07) is 13.5. The molecule has 2 aromatic carbocycles. The first-order chi connectivity index (χ1) is 14.9. The van der Waals surface area contributed by atoms with Gasteiger partial charge in [0.25, 0.3) is 5.91 Å². The predicted molar refractivity (Wildman–Crippen MR) is 124 cm³/mol. The molecule has 0 spiro atoms. The lowest BCUT2D eigenvalue weighted by Crippen LogP contribution is -2.40. The van der Waals surface area contributed by atoms with Gasteiger partial charge in [-0.1, -0.05) is 12.1 Å². The first-order valence-corrected chi connectivity index (χ1v) is 11.6. The van der Waals surface area contributed by atoms with Gasteiger partial charge in [0.2, 0.25) is 10.0 Å². The van der Waals surface area contributed by atoms with E-state index in [4.69, 9.17) is 4.74 Å². The zero-order valence-electron chi connectivity index (χ0n) is 19.1. The smallest absolute Gasteiger partial charge is 0.255 e. The number of carbonyl (C=O) groups excluding carboxylic acids is 1. The molecule has 0 fully saturated rings. The highest BCUT2D eigenvalue weighted by molar-refractivity contribution is 7.89. The zero-order valence-corrected chi connectivity index (χ0v) is 19.9. The van der Waals surface area contributed by atoms with Crippen LogP contribution in [-0.2, 0) is 10.0 Å². The summed E-state index contributed by atoms with van der Waals surface area (Å²) in [6.07, 6.45) is 0. The Labute approximate surface area is 188 Å². The minimum absolute atomic E-state index is 0.102. The van der Waals surface area contributed by atoms with Crippen LogP contribution in [0.2, 0.25) is 0 Å². The van der Waals surface area contributed by atoms with E-state index in [9.17, 15) is 13.2 Å². The van der Waals surface area contributed by atoms with E-state index < -0.39 is 21.5 Å². The summed E-state index contributed by atoms with van der Waals surface area (Å²) in [7, 11) is -2.53. The van der Waals surface area contributed by atoms with E-state index >= 15 is 0 Å². The van der Waals surface area contributed by atoms with Crippen LogP contribution < -0.4 is 14.8 Å². The van der Waals surface area contributed by atoms with E-state index in [0.29, 0.717) is 11.4 Å². The van der Waals surface area contributed by atoms with Crippen molar-refractivity contribution in [3.05, 3.63) is 65.5 Å². The molecule has 0 aliphatic rings. The first-order valence-electron chi connectivity index (χ1n) is 10.1. The average molecular weight is 457 g/mol. The summed E-state index contributed by atoms with van der Waals surface area (Å²) in [5, 5.41) is 7.36. The van der Waals surface area contributed by atoms with E-state index in [1.165, 1.54) is 25.3 Å². The van der Waals surface area contributed by atoms with Gasteiger partial charge in [0.15, 0.2) is 0 Å². The molecule has 0 atom stereocenters. The molecule has 1 aromatic heterocycles.